The summed E-state index contributed by atoms with van der Waals surface area (Å²) in [5.41, 5.74) is 1.51. The van der Waals surface area contributed by atoms with Crippen molar-refractivity contribution in [3.8, 4) is 0 Å². The number of carbonyl (C=O) groups excluding carboxylic acids is 1. The maximum Gasteiger partial charge on any atom is 0.251 e. The predicted octanol–water partition coefficient (Wildman–Crippen LogP) is 2.31. The molecule has 2 rings (SSSR count). The molecule has 1 heterocycles. The Balaban J connectivity index is 1.97. The Morgan fingerprint density at radius 2 is 2.05 bits per heavy atom. The van der Waals surface area contributed by atoms with E-state index in [1.54, 1.807) is 6.20 Å². The van der Waals surface area contributed by atoms with Crippen molar-refractivity contribution >= 4 is 16.8 Å². The molecule has 0 radical (unpaired) electrons. The van der Waals surface area contributed by atoms with Gasteiger partial charge < -0.3 is 10.2 Å². The van der Waals surface area contributed by atoms with Gasteiger partial charge in [-0.2, -0.15) is 0 Å². The van der Waals surface area contributed by atoms with E-state index < -0.39 is 0 Å². The van der Waals surface area contributed by atoms with Crippen molar-refractivity contribution in [1.82, 2.24) is 15.2 Å². The fraction of sp³-hybridized carbons (Fsp3) is 0.375. The average Bonchev–Trinajstić information content (AvgIpc) is 2.51. The van der Waals surface area contributed by atoms with Crippen LogP contribution < -0.4 is 5.32 Å². The Labute approximate surface area is 119 Å². The number of amides is 1. The van der Waals surface area contributed by atoms with Crippen molar-refractivity contribution < 1.29 is 4.79 Å². The molecule has 0 fully saturated rings. The van der Waals surface area contributed by atoms with Crippen LogP contribution in [0.1, 0.15) is 24.2 Å². The molecule has 0 bridgehead atoms. The molecule has 2 aromatic rings. The Bertz CT molecular complexity index is 579. The number of rotatable bonds is 6. The fourth-order valence-electron chi connectivity index (χ4n) is 2.18. The van der Waals surface area contributed by atoms with Crippen LogP contribution >= 0.6 is 0 Å². The highest BCUT2D eigenvalue weighted by Gasteiger charge is 2.07. The molecular formula is C16H21N3O. The van der Waals surface area contributed by atoms with Crippen LogP contribution in [0, 0.1) is 0 Å². The van der Waals surface area contributed by atoms with E-state index in [-0.39, 0.29) is 5.91 Å². The van der Waals surface area contributed by atoms with Gasteiger partial charge in [0.25, 0.3) is 5.91 Å². The van der Waals surface area contributed by atoms with E-state index in [0.29, 0.717) is 12.1 Å². The molecule has 0 spiro atoms. The smallest absolute Gasteiger partial charge is 0.251 e. The molecule has 0 saturated carbocycles. The number of likely N-dealkylation sites (N-methyl/N-ethyl adjacent to an activating group) is 1. The monoisotopic (exact) mass is 271 g/mol. The Kier molecular flexibility index (Phi) is 5.07. The van der Waals surface area contributed by atoms with Gasteiger partial charge in [0.2, 0.25) is 0 Å². The molecule has 0 unspecified atom stereocenters. The minimum Gasteiger partial charge on any atom is -0.351 e. The van der Waals surface area contributed by atoms with Crippen molar-refractivity contribution in [2.75, 3.05) is 26.2 Å². The summed E-state index contributed by atoms with van der Waals surface area (Å²) in [5.74, 6) is -0.0373. The molecule has 0 aliphatic heterocycles. The third-order valence-corrected chi connectivity index (χ3v) is 3.48. The number of aromatic nitrogens is 1. The van der Waals surface area contributed by atoms with Gasteiger partial charge in [0, 0.05) is 30.2 Å². The molecule has 4 nitrogen and oxygen atoms in total. The van der Waals surface area contributed by atoms with Crippen LogP contribution in [-0.4, -0.2) is 42.0 Å². The molecule has 20 heavy (non-hydrogen) atoms. The van der Waals surface area contributed by atoms with E-state index in [4.69, 9.17) is 0 Å². The molecule has 0 saturated heterocycles. The van der Waals surface area contributed by atoms with Gasteiger partial charge in [0.05, 0.1) is 5.52 Å². The lowest BCUT2D eigenvalue weighted by molar-refractivity contribution is 0.0949. The van der Waals surface area contributed by atoms with Gasteiger partial charge in [-0.05, 0) is 31.3 Å². The molecule has 4 heteroatoms. The Morgan fingerprint density at radius 3 is 2.80 bits per heavy atom. The molecular weight excluding hydrogens is 250 g/mol. The lowest BCUT2D eigenvalue weighted by atomic mass is 10.1. The minimum absolute atomic E-state index is 0.0373. The van der Waals surface area contributed by atoms with Crippen LogP contribution in [0.25, 0.3) is 10.9 Å². The van der Waals surface area contributed by atoms with E-state index >= 15 is 0 Å². The van der Waals surface area contributed by atoms with E-state index in [1.165, 1.54) is 0 Å². The van der Waals surface area contributed by atoms with E-state index in [9.17, 15) is 4.79 Å². The molecule has 1 amide bonds. The second-order valence-corrected chi connectivity index (χ2v) is 4.69. The zero-order valence-corrected chi connectivity index (χ0v) is 12.1. The Hall–Kier alpha value is -1.94. The van der Waals surface area contributed by atoms with Crippen molar-refractivity contribution in [2.24, 2.45) is 0 Å². The van der Waals surface area contributed by atoms with Gasteiger partial charge in [0.15, 0.2) is 0 Å². The molecule has 0 atom stereocenters. The number of benzene rings is 1. The number of nitrogens with zero attached hydrogens (tertiary/aromatic N) is 2. The third-order valence-electron chi connectivity index (χ3n) is 3.48. The largest absolute Gasteiger partial charge is 0.351 e. The van der Waals surface area contributed by atoms with Gasteiger partial charge in [-0.15, -0.1) is 0 Å². The number of pyridine rings is 1. The zero-order valence-electron chi connectivity index (χ0n) is 12.1. The number of nitrogens with one attached hydrogen (secondary N) is 1. The maximum absolute atomic E-state index is 12.1. The van der Waals surface area contributed by atoms with Gasteiger partial charge in [0.1, 0.15) is 0 Å². The van der Waals surface area contributed by atoms with Crippen LogP contribution in [0.5, 0.6) is 0 Å². The molecule has 0 aliphatic rings. The van der Waals surface area contributed by atoms with Gasteiger partial charge >= 0.3 is 0 Å². The first-order chi connectivity index (χ1) is 9.74. The lowest BCUT2D eigenvalue weighted by Crippen LogP contribution is -2.34. The molecule has 1 aromatic carbocycles. The van der Waals surface area contributed by atoms with E-state index in [2.05, 4.69) is 29.0 Å². The summed E-state index contributed by atoms with van der Waals surface area (Å²) < 4.78 is 0. The zero-order chi connectivity index (χ0) is 14.4. The number of hydrogen-bond donors (Lipinski definition) is 1. The van der Waals surface area contributed by atoms with Crippen molar-refractivity contribution in [3.63, 3.8) is 0 Å². The third kappa shape index (κ3) is 3.54. The highest BCUT2D eigenvalue weighted by molar-refractivity contribution is 5.97. The first-order valence-electron chi connectivity index (χ1n) is 7.10. The summed E-state index contributed by atoms with van der Waals surface area (Å²) in [6.45, 7) is 7.81. The van der Waals surface area contributed by atoms with E-state index in [0.717, 1.165) is 30.5 Å². The molecule has 0 aliphatic carbocycles. The van der Waals surface area contributed by atoms with Crippen LogP contribution in [0.3, 0.4) is 0 Å². The van der Waals surface area contributed by atoms with Crippen molar-refractivity contribution in [1.29, 1.82) is 0 Å². The summed E-state index contributed by atoms with van der Waals surface area (Å²) in [7, 11) is 0. The number of carbonyl (C=O) groups is 1. The maximum atomic E-state index is 12.1. The summed E-state index contributed by atoms with van der Waals surface area (Å²) in [5, 5.41) is 4.00. The highest BCUT2D eigenvalue weighted by Crippen LogP contribution is 2.12. The molecule has 1 aromatic heterocycles. The first kappa shape index (κ1) is 14.5. The fourth-order valence-corrected chi connectivity index (χ4v) is 2.18. The topological polar surface area (TPSA) is 45.2 Å². The number of fused-ring (bicyclic) bond motifs is 1. The van der Waals surface area contributed by atoms with Crippen LogP contribution in [0.15, 0.2) is 36.5 Å². The second-order valence-electron chi connectivity index (χ2n) is 4.69. The van der Waals surface area contributed by atoms with Gasteiger partial charge in [-0.25, -0.2) is 0 Å². The SMILES string of the molecule is CCN(CC)CCNC(=O)c1ccc2cccnc2c1. The van der Waals surface area contributed by atoms with Gasteiger partial charge in [-0.1, -0.05) is 26.0 Å². The number of hydrogen-bond acceptors (Lipinski definition) is 3. The summed E-state index contributed by atoms with van der Waals surface area (Å²) in [4.78, 5) is 18.6. The lowest BCUT2D eigenvalue weighted by Gasteiger charge is -2.17. The minimum atomic E-state index is -0.0373. The Morgan fingerprint density at radius 1 is 1.25 bits per heavy atom. The molecule has 1 N–H and O–H groups in total. The standard InChI is InChI=1S/C16H21N3O/c1-3-19(4-2)11-10-18-16(20)14-8-7-13-6-5-9-17-15(13)12-14/h5-9,12H,3-4,10-11H2,1-2H3,(H,18,20). The van der Waals surface area contributed by atoms with Crippen molar-refractivity contribution in [2.45, 2.75) is 13.8 Å². The van der Waals surface area contributed by atoms with Crippen LogP contribution in [0.2, 0.25) is 0 Å². The average molecular weight is 271 g/mol. The highest BCUT2D eigenvalue weighted by atomic mass is 16.1. The second kappa shape index (κ2) is 7.01. The van der Waals surface area contributed by atoms with Gasteiger partial charge in [-0.3, -0.25) is 9.78 Å². The summed E-state index contributed by atoms with van der Waals surface area (Å²) >= 11 is 0. The van der Waals surface area contributed by atoms with Crippen molar-refractivity contribution in [3.05, 3.63) is 42.1 Å². The van der Waals surface area contributed by atoms with E-state index in [1.807, 2.05) is 30.3 Å². The summed E-state index contributed by atoms with van der Waals surface area (Å²) in [6.07, 6.45) is 1.74. The predicted molar refractivity (Wildman–Crippen MR) is 81.9 cm³/mol. The summed E-state index contributed by atoms with van der Waals surface area (Å²) in [6, 6.07) is 9.50. The van der Waals surface area contributed by atoms with Crippen LogP contribution in [-0.2, 0) is 0 Å². The molecule has 106 valence electrons. The normalized spacial score (nSPS) is 10.9. The van der Waals surface area contributed by atoms with Crippen LogP contribution in [0.4, 0.5) is 0 Å². The quantitative estimate of drug-likeness (QED) is 0.877. The first-order valence-corrected chi connectivity index (χ1v) is 7.10.